The number of hydrogen-bond donors (Lipinski definition) is 0. The third kappa shape index (κ3) is 1.87. The topological polar surface area (TPSA) is 39.2 Å². The van der Waals surface area contributed by atoms with Gasteiger partial charge in [-0.05, 0) is 28.1 Å². The Morgan fingerprint density at radius 1 is 1.60 bits per heavy atom. The smallest absolute Gasteiger partial charge is 0.349 e. The third-order valence-electron chi connectivity index (χ3n) is 1.81. The SMILES string of the molecule is COC(=O)c1sc2ccc(Cl)nc2c1Br. The van der Waals surface area contributed by atoms with Crippen LogP contribution in [0.3, 0.4) is 0 Å². The highest BCUT2D eigenvalue weighted by molar-refractivity contribution is 9.10. The standard InChI is InChI=1S/C9H5BrClNO2S/c1-14-9(13)8-6(10)7-4(15-8)2-3-5(11)12-7/h2-3H,1H3. The van der Waals surface area contributed by atoms with Crippen molar-refractivity contribution in [3.8, 4) is 0 Å². The Kier molecular flexibility index (Phi) is 2.95. The van der Waals surface area contributed by atoms with Gasteiger partial charge in [-0.2, -0.15) is 0 Å². The molecule has 0 aliphatic carbocycles. The minimum atomic E-state index is -0.374. The molecule has 0 spiro atoms. The summed E-state index contributed by atoms with van der Waals surface area (Å²) in [5.74, 6) is -0.374. The molecular weight excluding hydrogens is 302 g/mol. The molecule has 0 aliphatic heterocycles. The van der Waals surface area contributed by atoms with Crippen LogP contribution in [0.4, 0.5) is 0 Å². The van der Waals surface area contributed by atoms with Crippen molar-refractivity contribution >= 4 is 55.1 Å². The lowest BCUT2D eigenvalue weighted by atomic mass is 10.4. The molecule has 0 amide bonds. The molecule has 0 radical (unpaired) electrons. The van der Waals surface area contributed by atoms with E-state index in [9.17, 15) is 4.79 Å². The summed E-state index contributed by atoms with van der Waals surface area (Å²) < 4.78 is 6.19. The fourth-order valence-corrected chi connectivity index (χ4v) is 3.09. The Hall–Kier alpha value is -0.650. The number of hydrogen-bond acceptors (Lipinski definition) is 4. The molecule has 0 saturated heterocycles. The number of rotatable bonds is 1. The number of halogens is 2. The molecule has 0 N–H and O–H groups in total. The molecule has 3 nitrogen and oxygen atoms in total. The van der Waals surface area contributed by atoms with Crippen molar-refractivity contribution in [1.29, 1.82) is 0 Å². The molecular formula is C9H5BrClNO2S. The molecule has 0 bridgehead atoms. The van der Waals surface area contributed by atoms with Gasteiger partial charge in [0.25, 0.3) is 0 Å². The molecule has 2 aromatic rings. The molecule has 0 aliphatic rings. The second kappa shape index (κ2) is 4.08. The summed E-state index contributed by atoms with van der Waals surface area (Å²) in [4.78, 5) is 16.0. The van der Waals surface area contributed by atoms with Gasteiger partial charge in [0.1, 0.15) is 10.0 Å². The molecule has 2 heterocycles. The maximum Gasteiger partial charge on any atom is 0.349 e. The fraction of sp³-hybridized carbons (Fsp3) is 0.111. The molecule has 0 unspecified atom stereocenters. The lowest BCUT2D eigenvalue weighted by molar-refractivity contribution is 0.0605. The van der Waals surface area contributed by atoms with Crippen molar-refractivity contribution in [3.63, 3.8) is 0 Å². The van der Waals surface area contributed by atoms with Gasteiger partial charge in [-0.25, -0.2) is 9.78 Å². The summed E-state index contributed by atoms with van der Waals surface area (Å²) in [5.41, 5.74) is 0.688. The Labute approximate surface area is 103 Å². The van der Waals surface area contributed by atoms with Crippen LogP contribution >= 0.6 is 38.9 Å². The summed E-state index contributed by atoms with van der Waals surface area (Å²) >= 11 is 10.4. The van der Waals surface area contributed by atoms with Crippen molar-refractivity contribution in [3.05, 3.63) is 26.6 Å². The Balaban J connectivity index is 2.69. The minimum Gasteiger partial charge on any atom is -0.465 e. The number of pyridine rings is 1. The first kappa shape index (κ1) is 10.9. The van der Waals surface area contributed by atoms with Gasteiger partial charge in [-0.1, -0.05) is 11.6 Å². The first-order valence-electron chi connectivity index (χ1n) is 3.96. The van der Waals surface area contributed by atoms with E-state index in [1.54, 1.807) is 6.07 Å². The normalized spacial score (nSPS) is 10.6. The molecule has 6 heteroatoms. The van der Waals surface area contributed by atoms with Crippen LogP contribution in [0.2, 0.25) is 5.15 Å². The summed E-state index contributed by atoms with van der Waals surface area (Å²) in [7, 11) is 1.35. The molecule has 15 heavy (non-hydrogen) atoms. The van der Waals surface area contributed by atoms with E-state index in [1.807, 2.05) is 6.07 Å². The molecule has 0 aromatic carbocycles. The zero-order valence-corrected chi connectivity index (χ0v) is 10.7. The Morgan fingerprint density at radius 3 is 3.00 bits per heavy atom. The minimum absolute atomic E-state index is 0.374. The van der Waals surface area contributed by atoms with Crippen LogP contribution in [0.1, 0.15) is 9.67 Å². The number of ether oxygens (including phenoxy) is 1. The van der Waals surface area contributed by atoms with Crippen LogP contribution < -0.4 is 0 Å². The van der Waals surface area contributed by atoms with Crippen LogP contribution in [-0.2, 0) is 4.74 Å². The van der Waals surface area contributed by atoms with Gasteiger partial charge >= 0.3 is 5.97 Å². The molecule has 78 valence electrons. The lowest BCUT2D eigenvalue weighted by Crippen LogP contribution is -1.98. The highest BCUT2D eigenvalue weighted by Gasteiger charge is 2.18. The van der Waals surface area contributed by atoms with E-state index in [1.165, 1.54) is 18.4 Å². The number of nitrogens with zero attached hydrogens (tertiary/aromatic N) is 1. The van der Waals surface area contributed by atoms with Crippen LogP contribution in [0.25, 0.3) is 10.2 Å². The average Bonchev–Trinajstić information content (AvgIpc) is 2.55. The van der Waals surface area contributed by atoms with Crippen LogP contribution in [-0.4, -0.2) is 18.1 Å². The van der Waals surface area contributed by atoms with Gasteiger partial charge in [0.2, 0.25) is 0 Å². The van der Waals surface area contributed by atoms with Crippen molar-refractivity contribution in [2.24, 2.45) is 0 Å². The second-order valence-electron chi connectivity index (χ2n) is 2.72. The molecule has 0 atom stereocenters. The number of aromatic nitrogens is 1. The maximum atomic E-state index is 11.4. The summed E-state index contributed by atoms with van der Waals surface area (Å²) in [5, 5.41) is 0.400. The lowest BCUT2D eigenvalue weighted by Gasteiger charge is -1.94. The van der Waals surface area contributed by atoms with E-state index < -0.39 is 0 Å². The highest BCUT2D eigenvalue weighted by Crippen LogP contribution is 2.35. The number of methoxy groups -OCH3 is 1. The highest BCUT2D eigenvalue weighted by atomic mass is 79.9. The molecule has 0 fully saturated rings. The van der Waals surface area contributed by atoms with Gasteiger partial charge in [0.15, 0.2) is 0 Å². The van der Waals surface area contributed by atoms with E-state index in [4.69, 9.17) is 11.6 Å². The summed E-state index contributed by atoms with van der Waals surface area (Å²) in [6.45, 7) is 0. The zero-order chi connectivity index (χ0) is 11.0. The predicted octanol–water partition coefficient (Wildman–Crippen LogP) is 3.50. The van der Waals surface area contributed by atoms with Gasteiger partial charge in [-0.3, -0.25) is 0 Å². The van der Waals surface area contributed by atoms with E-state index >= 15 is 0 Å². The molecule has 2 rings (SSSR count). The Bertz CT molecular complexity index is 540. The van der Waals surface area contributed by atoms with Gasteiger partial charge in [0.05, 0.1) is 21.8 Å². The third-order valence-corrected chi connectivity index (χ3v) is 4.18. The average molecular weight is 307 g/mol. The molecule has 0 saturated carbocycles. The monoisotopic (exact) mass is 305 g/mol. The van der Waals surface area contributed by atoms with E-state index in [0.717, 1.165) is 4.70 Å². The predicted molar refractivity (Wildman–Crippen MR) is 63.7 cm³/mol. The van der Waals surface area contributed by atoms with Crippen molar-refractivity contribution in [2.75, 3.05) is 7.11 Å². The first-order chi connectivity index (χ1) is 7.13. The quantitative estimate of drug-likeness (QED) is 0.598. The Morgan fingerprint density at radius 2 is 2.33 bits per heavy atom. The van der Waals surface area contributed by atoms with E-state index in [0.29, 0.717) is 20.0 Å². The van der Waals surface area contributed by atoms with E-state index in [2.05, 4.69) is 25.7 Å². The van der Waals surface area contributed by atoms with Crippen molar-refractivity contribution in [1.82, 2.24) is 4.98 Å². The maximum absolute atomic E-state index is 11.4. The van der Waals surface area contributed by atoms with Crippen LogP contribution in [0, 0.1) is 0 Å². The number of esters is 1. The number of carbonyl (C=O) groups excluding carboxylic acids is 1. The summed E-state index contributed by atoms with van der Waals surface area (Å²) in [6, 6.07) is 3.51. The molecule has 2 aromatic heterocycles. The summed E-state index contributed by atoms with van der Waals surface area (Å²) in [6.07, 6.45) is 0. The van der Waals surface area contributed by atoms with Crippen molar-refractivity contribution < 1.29 is 9.53 Å². The van der Waals surface area contributed by atoms with Crippen molar-refractivity contribution in [2.45, 2.75) is 0 Å². The zero-order valence-electron chi connectivity index (χ0n) is 7.58. The number of carbonyl (C=O) groups is 1. The van der Waals surface area contributed by atoms with Crippen LogP contribution in [0.15, 0.2) is 16.6 Å². The second-order valence-corrected chi connectivity index (χ2v) is 4.95. The first-order valence-corrected chi connectivity index (χ1v) is 5.95. The van der Waals surface area contributed by atoms with Gasteiger partial charge in [-0.15, -0.1) is 11.3 Å². The van der Waals surface area contributed by atoms with E-state index in [-0.39, 0.29) is 5.97 Å². The fourth-order valence-electron chi connectivity index (χ4n) is 1.15. The van der Waals surface area contributed by atoms with Gasteiger partial charge < -0.3 is 4.74 Å². The largest absolute Gasteiger partial charge is 0.465 e. The number of fused-ring (bicyclic) bond motifs is 1. The van der Waals surface area contributed by atoms with Gasteiger partial charge in [0, 0.05) is 0 Å². The number of thiophene rings is 1. The van der Waals surface area contributed by atoms with Crippen LogP contribution in [0.5, 0.6) is 0 Å².